The van der Waals surface area contributed by atoms with Crippen LogP contribution < -0.4 is 4.90 Å². The largest absolute Gasteiger partial charge is 0.312 e. The van der Waals surface area contributed by atoms with Gasteiger partial charge in [-0.05, 0) is 45.9 Å². The SMILES string of the molecule is CCN(C(=O)C(C)Sc1nc2nc(C)cc(C)n2n1)c1ccccc1. The zero-order valence-corrected chi connectivity index (χ0v) is 15.6. The van der Waals surface area contributed by atoms with Crippen LogP contribution in [0.1, 0.15) is 25.2 Å². The van der Waals surface area contributed by atoms with Gasteiger partial charge in [-0.3, -0.25) is 4.79 Å². The van der Waals surface area contributed by atoms with Gasteiger partial charge in [-0.15, -0.1) is 5.10 Å². The van der Waals surface area contributed by atoms with Crippen molar-refractivity contribution in [1.29, 1.82) is 0 Å². The van der Waals surface area contributed by atoms with Crippen molar-refractivity contribution in [3.63, 3.8) is 0 Å². The third kappa shape index (κ3) is 3.66. The number of rotatable bonds is 5. The maximum atomic E-state index is 12.8. The monoisotopic (exact) mass is 355 g/mol. The highest BCUT2D eigenvalue weighted by Gasteiger charge is 2.23. The van der Waals surface area contributed by atoms with Gasteiger partial charge < -0.3 is 4.90 Å². The third-order valence-corrected chi connectivity index (χ3v) is 4.82. The van der Waals surface area contributed by atoms with Gasteiger partial charge in [0.25, 0.3) is 5.78 Å². The molecule has 2 heterocycles. The molecular weight excluding hydrogens is 334 g/mol. The van der Waals surface area contributed by atoms with E-state index in [1.807, 2.05) is 64.1 Å². The molecule has 0 radical (unpaired) electrons. The molecule has 130 valence electrons. The van der Waals surface area contributed by atoms with Crippen molar-refractivity contribution in [2.75, 3.05) is 11.4 Å². The molecule has 0 fully saturated rings. The number of thioether (sulfide) groups is 1. The molecule has 7 heteroatoms. The van der Waals surface area contributed by atoms with E-state index >= 15 is 0 Å². The maximum absolute atomic E-state index is 12.8. The number of amides is 1. The Morgan fingerprint density at radius 3 is 2.64 bits per heavy atom. The number of hydrogen-bond donors (Lipinski definition) is 0. The van der Waals surface area contributed by atoms with Crippen LogP contribution in [0.15, 0.2) is 41.6 Å². The van der Waals surface area contributed by atoms with Crippen LogP contribution in [0.3, 0.4) is 0 Å². The molecule has 25 heavy (non-hydrogen) atoms. The molecule has 3 aromatic rings. The average Bonchev–Trinajstić information content (AvgIpc) is 2.99. The van der Waals surface area contributed by atoms with E-state index in [2.05, 4.69) is 15.1 Å². The lowest BCUT2D eigenvalue weighted by Crippen LogP contribution is -2.36. The zero-order valence-electron chi connectivity index (χ0n) is 14.8. The topological polar surface area (TPSA) is 63.4 Å². The number of fused-ring (bicyclic) bond motifs is 1. The Morgan fingerprint density at radius 2 is 1.96 bits per heavy atom. The quantitative estimate of drug-likeness (QED) is 0.657. The van der Waals surface area contributed by atoms with Gasteiger partial charge in [-0.2, -0.15) is 4.98 Å². The lowest BCUT2D eigenvalue weighted by molar-refractivity contribution is -0.117. The molecule has 0 aliphatic heterocycles. The number of nitrogens with zero attached hydrogens (tertiary/aromatic N) is 5. The lowest BCUT2D eigenvalue weighted by Gasteiger charge is -2.23. The van der Waals surface area contributed by atoms with E-state index in [0.29, 0.717) is 17.5 Å². The summed E-state index contributed by atoms with van der Waals surface area (Å²) in [4.78, 5) is 23.5. The molecule has 0 bridgehead atoms. The van der Waals surface area contributed by atoms with Gasteiger partial charge in [0.2, 0.25) is 11.1 Å². The summed E-state index contributed by atoms with van der Waals surface area (Å²) in [6.45, 7) is 8.37. The van der Waals surface area contributed by atoms with E-state index in [1.165, 1.54) is 11.8 Å². The summed E-state index contributed by atoms with van der Waals surface area (Å²) in [6, 6.07) is 11.7. The smallest absolute Gasteiger partial charge is 0.253 e. The second-order valence-electron chi connectivity index (χ2n) is 5.82. The van der Waals surface area contributed by atoms with Crippen molar-refractivity contribution in [3.8, 4) is 0 Å². The van der Waals surface area contributed by atoms with Crippen LogP contribution in [0.2, 0.25) is 0 Å². The van der Waals surface area contributed by atoms with Crippen LogP contribution in [0.5, 0.6) is 0 Å². The molecule has 0 saturated carbocycles. The van der Waals surface area contributed by atoms with Gasteiger partial charge >= 0.3 is 0 Å². The van der Waals surface area contributed by atoms with E-state index in [1.54, 1.807) is 9.42 Å². The molecule has 0 aliphatic carbocycles. The average molecular weight is 355 g/mol. The van der Waals surface area contributed by atoms with Gasteiger partial charge in [0.1, 0.15) is 0 Å². The molecule has 1 atom stereocenters. The first-order chi connectivity index (χ1) is 12.0. The Hall–Kier alpha value is -2.41. The maximum Gasteiger partial charge on any atom is 0.253 e. The van der Waals surface area contributed by atoms with Crippen LogP contribution in [0, 0.1) is 13.8 Å². The van der Waals surface area contributed by atoms with Crippen LogP contribution in [0.25, 0.3) is 5.78 Å². The Balaban J connectivity index is 1.80. The summed E-state index contributed by atoms with van der Waals surface area (Å²) in [6.07, 6.45) is 0. The van der Waals surface area contributed by atoms with Crippen LogP contribution >= 0.6 is 11.8 Å². The Labute approximate surface area is 151 Å². The third-order valence-electron chi connectivity index (χ3n) is 3.88. The Kier molecular flexibility index (Phi) is 5.03. The molecule has 0 spiro atoms. The highest BCUT2D eigenvalue weighted by molar-refractivity contribution is 8.00. The normalized spacial score (nSPS) is 12.3. The van der Waals surface area contributed by atoms with E-state index in [9.17, 15) is 4.79 Å². The summed E-state index contributed by atoms with van der Waals surface area (Å²) < 4.78 is 1.71. The van der Waals surface area contributed by atoms with Gasteiger partial charge in [-0.25, -0.2) is 9.50 Å². The summed E-state index contributed by atoms with van der Waals surface area (Å²) in [7, 11) is 0. The van der Waals surface area contributed by atoms with E-state index in [-0.39, 0.29) is 11.2 Å². The molecule has 1 aromatic carbocycles. The molecule has 6 nitrogen and oxygen atoms in total. The Bertz CT molecular complexity index is 893. The molecule has 1 amide bonds. The van der Waals surface area contributed by atoms with Crippen molar-refractivity contribution in [2.45, 2.75) is 38.1 Å². The molecule has 1 unspecified atom stereocenters. The van der Waals surface area contributed by atoms with Crippen molar-refractivity contribution < 1.29 is 4.79 Å². The number of carbonyl (C=O) groups excluding carboxylic acids is 1. The number of benzene rings is 1. The minimum Gasteiger partial charge on any atom is -0.312 e. The predicted octanol–water partition coefficient (Wildman–Crippen LogP) is 3.27. The Morgan fingerprint density at radius 1 is 1.24 bits per heavy atom. The van der Waals surface area contributed by atoms with Crippen LogP contribution in [-0.2, 0) is 4.79 Å². The summed E-state index contributed by atoms with van der Waals surface area (Å²) >= 11 is 1.36. The summed E-state index contributed by atoms with van der Waals surface area (Å²) in [5.74, 6) is 0.605. The summed E-state index contributed by atoms with van der Waals surface area (Å²) in [5, 5.41) is 4.74. The van der Waals surface area contributed by atoms with Crippen molar-refractivity contribution >= 4 is 29.1 Å². The second kappa shape index (κ2) is 7.23. The molecular formula is C18H21N5OS. The number of para-hydroxylation sites is 1. The number of carbonyl (C=O) groups is 1. The second-order valence-corrected chi connectivity index (χ2v) is 7.13. The first-order valence-electron chi connectivity index (χ1n) is 8.23. The highest BCUT2D eigenvalue weighted by atomic mass is 32.2. The molecule has 0 N–H and O–H groups in total. The number of aryl methyl sites for hydroxylation is 2. The first-order valence-corrected chi connectivity index (χ1v) is 9.11. The van der Waals surface area contributed by atoms with Crippen LogP contribution in [-0.4, -0.2) is 37.3 Å². The lowest BCUT2D eigenvalue weighted by atomic mass is 10.2. The number of anilines is 1. The number of aromatic nitrogens is 4. The highest BCUT2D eigenvalue weighted by Crippen LogP contribution is 2.24. The standard InChI is InChI=1S/C18H21N5OS/c1-5-22(15-9-7-6-8-10-15)16(24)14(4)25-18-20-17-19-12(2)11-13(3)23(17)21-18/h6-11,14H,5H2,1-4H3. The zero-order chi connectivity index (χ0) is 18.0. The fraction of sp³-hybridized carbons (Fsp3) is 0.333. The summed E-state index contributed by atoms with van der Waals surface area (Å²) in [5.41, 5.74) is 2.78. The van der Waals surface area contributed by atoms with Gasteiger partial charge in [0.05, 0.1) is 5.25 Å². The van der Waals surface area contributed by atoms with Gasteiger partial charge in [0.15, 0.2) is 0 Å². The minimum absolute atomic E-state index is 0.0402. The van der Waals surface area contributed by atoms with Crippen molar-refractivity contribution in [3.05, 3.63) is 47.8 Å². The van der Waals surface area contributed by atoms with Crippen molar-refractivity contribution in [1.82, 2.24) is 19.6 Å². The molecule has 0 saturated heterocycles. The predicted molar refractivity (Wildman–Crippen MR) is 100 cm³/mol. The fourth-order valence-corrected chi connectivity index (χ4v) is 3.51. The van der Waals surface area contributed by atoms with Crippen molar-refractivity contribution in [2.24, 2.45) is 0 Å². The number of hydrogen-bond acceptors (Lipinski definition) is 5. The van der Waals surface area contributed by atoms with Gasteiger partial charge in [0, 0.05) is 23.6 Å². The van der Waals surface area contributed by atoms with E-state index in [4.69, 9.17) is 0 Å². The molecule has 0 aliphatic rings. The minimum atomic E-state index is -0.293. The van der Waals surface area contributed by atoms with Gasteiger partial charge in [-0.1, -0.05) is 30.0 Å². The van der Waals surface area contributed by atoms with E-state index in [0.717, 1.165) is 17.1 Å². The molecule has 3 rings (SSSR count). The first kappa shape index (κ1) is 17.4. The van der Waals surface area contributed by atoms with E-state index < -0.39 is 0 Å². The molecule has 2 aromatic heterocycles. The fourth-order valence-electron chi connectivity index (χ4n) is 2.70. The van der Waals surface area contributed by atoms with Crippen LogP contribution in [0.4, 0.5) is 5.69 Å².